The number of carbonyl (C=O) groups is 2. The highest BCUT2D eigenvalue weighted by Crippen LogP contribution is 2.66. The van der Waals surface area contributed by atoms with E-state index in [1.807, 2.05) is 72.9 Å². The number of carboxylic acids is 1. The van der Waals surface area contributed by atoms with Crippen molar-refractivity contribution in [3.8, 4) is 11.5 Å². The predicted octanol–water partition coefficient (Wildman–Crippen LogP) is 9.03. The fourth-order valence-electron chi connectivity index (χ4n) is 8.63. The van der Waals surface area contributed by atoms with E-state index in [1.54, 1.807) is 12.1 Å². The number of hydrogen-bond donors (Lipinski definition) is 5. The van der Waals surface area contributed by atoms with Crippen LogP contribution in [0.4, 0.5) is 26.3 Å². The van der Waals surface area contributed by atoms with Crippen molar-refractivity contribution in [3.05, 3.63) is 104 Å². The van der Waals surface area contributed by atoms with Gasteiger partial charge in [0, 0.05) is 68.2 Å². The Morgan fingerprint density at radius 2 is 1.00 bits per heavy atom. The summed E-state index contributed by atoms with van der Waals surface area (Å²) in [4.78, 5) is 43.3. The molecule has 21 heteroatoms. The Labute approximate surface area is 408 Å². The van der Waals surface area contributed by atoms with Gasteiger partial charge in [-0.15, -0.1) is 0 Å². The lowest BCUT2D eigenvalue weighted by Gasteiger charge is -2.29. The Morgan fingerprint density at radius 1 is 0.667 bits per heavy atom. The van der Waals surface area contributed by atoms with Gasteiger partial charge in [0.1, 0.15) is 23.1 Å². The number of benzene rings is 2. The van der Waals surface area contributed by atoms with Gasteiger partial charge in [0.15, 0.2) is 0 Å². The Kier molecular flexibility index (Phi) is 19.2. The summed E-state index contributed by atoms with van der Waals surface area (Å²) in [7, 11) is 7.86. The second-order valence-corrected chi connectivity index (χ2v) is 19.4. The highest BCUT2D eigenvalue weighted by Gasteiger charge is 2.69. The molecule has 0 radical (unpaired) electrons. The quantitative estimate of drug-likeness (QED) is 0.0632. The monoisotopic (exact) mass is 1010 g/mol. The molecular formula is C48H62Cl2F6N8O5. The zero-order valence-electron chi connectivity index (χ0n) is 39.9. The van der Waals surface area contributed by atoms with Gasteiger partial charge in [-0.25, -0.2) is 19.9 Å². The molecule has 2 heterocycles. The van der Waals surface area contributed by atoms with Crippen LogP contribution in [-0.4, -0.2) is 123 Å². The van der Waals surface area contributed by atoms with E-state index >= 15 is 0 Å². The molecule has 2 aromatic heterocycles. The molecule has 2 fully saturated rings. The van der Waals surface area contributed by atoms with Crippen molar-refractivity contribution < 1.29 is 51.3 Å². The van der Waals surface area contributed by atoms with Crippen molar-refractivity contribution >= 4 is 35.1 Å². The number of hydrogen-bond acceptors (Lipinski definition) is 11. The number of rotatable bonds is 17. The average molecular weight is 1020 g/mol. The summed E-state index contributed by atoms with van der Waals surface area (Å²) in [6, 6.07) is 7.26. The summed E-state index contributed by atoms with van der Waals surface area (Å²) in [6.45, 7) is 8.80. The molecule has 13 nitrogen and oxygen atoms in total. The molecule has 4 atom stereocenters. The van der Waals surface area contributed by atoms with Crippen molar-refractivity contribution in [2.24, 2.45) is 16.6 Å². The van der Waals surface area contributed by atoms with Gasteiger partial charge >= 0.3 is 18.3 Å². The van der Waals surface area contributed by atoms with E-state index in [1.165, 1.54) is 30.4 Å². The zero-order valence-corrected chi connectivity index (χ0v) is 41.5. The number of aromatic hydroxyl groups is 2. The number of phenols is 2. The molecule has 2 saturated carbocycles. The molecule has 0 saturated heterocycles. The minimum atomic E-state index is -4.46. The maximum absolute atomic E-state index is 13.9. The number of aryl methyl sites for hydroxylation is 4. The second kappa shape index (κ2) is 23.4. The lowest BCUT2D eigenvalue weighted by Crippen LogP contribution is -2.43. The van der Waals surface area contributed by atoms with Crippen LogP contribution in [0.3, 0.4) is 0 Å². The van der Waals surface area contributed by atoms with Crippen molar-refractivity contribution in [1.29, 1.82) is 0 Å². The number of nitrogens with zero attached hydrogens (tertiary/aromatic N) is 6. The number of amides is 1. The minimum Gasteiger partial charge on any atom is -0.508 e. The fraction of sp³-hybridized carbons (Fsp3) is 0.542. The number of aliphatic carboxylic acids is 1. The molecular weight excluding hydrogens is 953 g/mol. The third-order valence-corrected chi connectivity index (χ3v) is 13.6. The van der Waals surface area contributed by atoms with E-state index < -0.39 is 53.3 Å². The highest BCUT2D eigenvalue weighted by molar-refractivity contribution is 6.30. The van der Waals surface area contributed by atoms with Crippen molar-refractivity contribution in [2.75, 3.05) is 41.3 Å². The standard InChI is InChI=1S/C24H30ClF3N4O2.C13H22N2O.C11H10ClF3N2O2/c1-14-7-18(33)8-15(2)19(14)9-17(32(3)4)13-29-21(34)10-20(22-30-11-16(25)12-31-22)23(5-6-23)24(26,27)28;1-9-5-12(16)6-10(2)13(9)7-11(8-14)15(3)4;12-6-4-16-9(17-5-6)7(3-8(18)19)10(1-2-10)11(13,14)15/h7-8,11-12,17,20,33H,5-6,9-10,13H2,1-4H3,(H,29,34);5-6,11,16H,7-8,14H2,1-4H3;4-5,7H,1-3H2,(H,18,19)/t17-,20?;11-;/m00./s1. The normalized spacial score (nSPS) is 16.6. The molecule has 6 N–H and O–H groups in total. The summed E-state index contributed by atoms with van der Waals surface area (Å²) in [5.41, 5.74) is 8.27. The number of nitrogens with one attached hydrogen (secondary N) is 1. The van der Waals surface area contributed by atoms with E-state index in [4.69, 9.17) is 34.0 Å². The molecule has 2 aromatic carbocycles. The van der Waals surface area contributed by atoms with E-state index in [-0.39, 0.29) is 72.1 Å². The van der Waals surface area contributed by atoms with Crippen LogP contribution in [0.2, 0.25) is 10.0 Å². The maximum Gasteiger partial charge on any atom is 0.395 e. The summed E-state index contributed by atoms with van der Waals surface area (Å²) < 4.78 is 80.9. The summed E-state index contributed by atoms with van der Waals surface area (Å²) in [5.74, 6) is -3.85. The Balaban J connectivity index is 0.000000249. The number of alkyl halides is 6. The number of phenolic OH excluding ortho intramolecular Hbond substituents is 2. The first kappa shape index (κ1) is 56.8. The van der Waals surface area contributed by atoms with Crippen LogP contribution in [0.5, 0.6) is 11.5 Å². The summed E-state index contributed by atoms with van der Waals surface area (Å²) in [5, 5.41) is 31.3. The van der Waals surface area contributed by atoms with Gasteiger partial charge in [-0.1, -0.05) is 23.2 Å². The molecule has 4 aromatic rings. The molecule has 0 spiro atoms. The molecule has 1 amide bonds. The van der Waals surface area contributed by atoms with Crippen LogP contribution in [0.15, 0.2) is 49.1 Å². The second-order valence-electron chi connectivity index (χ2n) is 18.5. The van der Waals surface area contributed by atoms with E-state index in [0.29, 0.717) is 24.8 Å². The third kappa shape index (κ3) is 14.9. The molecule has 6 rings (SSSR count). The van der Waals surface area contributed by atoms with Gasteiger partial charge < -0.3 is 36.2 Å². The molecule has 2 unspecified atom stereocenters. The lowest BCUT2D eigenvalue weighted by molar-refractivity contribution is -0.196. The molecule has 2 aliphatic carbocycles. The zero-order chi connectivity index (χ0) is 51.8. The Hall–Kier alpha value is -4.82. The summed E-state index contributed by atoms with van der Waals surface area (Å²) in [6.07, 6.45) is -3.84. The highest BCUT2D eigenvalue weighted by atomic mass is 35.5. The average Bonchev–Trinajstić information content (AvgIpc) is 4.17. The number of nitrogens with two attached hydrogens (primary N) is 1. The van der Waals surface area contributed by atoms with Crippen LogP contribution in [0.25, 0.3) is 0 Å². The lowest BCUT2D eigenvalue weighted by atomic mass is 9.84. The van der Waals surface area contributed by atoms with Crippen LogP contribution in [-0.2, 0) is 22.4 Å². The van der Waals surface area contributed by atoms with Crippen molar-refractivity contribution in [2.45, 2.75) is 115 Å². The number of carbonyl (C=O) groups excluding carboxylic acids is 1. The number of carboxylic acid groups (broad SMARTS) is 1. The molecule has 0 aliphatic heterocycles. The minimum absolute atomic E-state index is 0.0196. The smallest absolute Gasteiger partial charge is 0.395 e. The number of likely N-dealkylation sites (N-methyl/N-ethyl adjacent to an activating group) is 2. The van der Waals surface area contributed by atoms with Crippen molar-refractivity contribution in [1.82, 2.24) is 35.1 Å². The maximum atomic E-state index is 13.9. The molecule has 2 aliphatic rings. The van der Waals surface area contributed by atoms with Gasteiger partial charge in [-0.3, -0.25) is 9.59 Å². The fourth-order valence-corrected chi connectivity index (χ4v) is 8.83. The van der Waals surface area contributed by atoms with Gasteiger partial charge in [0.25, 0.3) is 0 Å². The Morgan fingerprint density at radius 3 is 1.29 bits per heavy atom. The molecule has 69 heavy (non-hydrogen) atoms. The first-order valence-electron chi connectivity index (χ1n) is 22.2. The van der Waals surface area contributed by atoms with E-state index in [9.17, 15) is 46.1 Å². The van der Waals surface area contributed by atoms with Crippen LogP contribution in [0, 0.1) is 38.5 Å². The Bertz CT molecular complexity index is 2320. The predicted molar refractivity (Wildman–Crippen MR) is 251 cm³/mol. The van der Waals surface area contributed by atoms with Crippen LogP contribution < -0.4 is 11.1 Å². The first-order valence-corrected chi connectivity index (χ1v) is 23.0. The largest absolute Gasteiger partial charge is 0.508 e. The number of aromatic nitrogens is 4. The van der Waals surface area contributed by atoms with Gasteiger partial charge in [0.05, 0.1) is 27.3 Å². The van der Waals surface area contributed by atoms with Crippen LogP contribution >= 0.6 is 23.2 Å². The molecule has 380 valence electrons. The van der Waals surface area contributed by atoms with Gasteiger partial charge in [0.2, 0.25) is 5.91 Å². The topological polar surface area (TPSA) is 191 Å². The van der Waals surface area contributed by atoms with Crippen LogP contribution in [0.1, 0.15) is 95.4 Å². The van der Waals surface area contributed by atoms with E-state index in [2.05, 4.69) is 30.2 Å². The molecule has 0 bridgehead atoms. The number of halogens is 8. The van der Waals surface area contributed by atoms with Gasteiger partial charge in [-0.2, -0.15) is 26.3 Å². The van der Waals surface area contributed by atoms with Gasteiger partial charge in [-0.05, 0) is 152 Å². The first-order chi connectivity index (χ1) is 32.0. The summed E-state index contributed by atoms with van der Waals surface area (Å²) >= 11 is 11.4. The SMILES string of the molecule is Cc1cc(O)cc(C)c1C[C@@H](CN)N(C)C.Cc1cc(O)cc(C)c1C[C@@H](CNC(=O)CC(c1ncc(Cl)cn1)C1(C(F)(F)F)CC1)N(C)C.O=C(O)CC(c1ncc(Cl)cn1)C1(C(F)(F)F)CC1. The van der Waals surface area contributed by atoms with E-state index in [0.717, 1.165) is 34.2 Å². The van der Waals surface area contributed by atoms with Crippen molar-refractivity contribution in [3.63, 3.8) is 0 Å². The third-order valence-electron chi connectivity index (χ3n) is 13.2.